The summed E-state index contributed by atoms with van der Waals surface area (Å²) in [6.45, 7) is 1.73. The van der Waals surface area contributed by atoms with Crippen LogP contribution in [0.25, 0.3) is 10.7 Å². The standard InChI is InChI=1S/C19H21BrN6O3S2/c1-11(27)21-7-2-8-31(28,29)17-6-5-15(30-17)19-22-10-13(20)18(24-19)23-16-9-14(25-26-16)12-3-4-12/h5-6,9-10,12H,2-4,7-8H2,1H3,(H,21,27)(H2,22,23,24,25,26). The minimum absolute atomic E-state index is 0.0380. The van der Waals surface area contributed by atoms with Gasteiger partial charge in [-0.1, -0.05) is 0 Å². The molecule has 0 aliphatic heterocycles. The minimum atomic E-state index is -3.44. The summed E-state index contributed by atoms with van der Waals surface area (Å²) < 4.78 is 26.1. The number of halogens is 1. The Morgan fingerprint density at radius 2 is 2.16 bits per heavy atom. The van der Waals surface area contributed by atoms with Crippen molar-refractivity contribution in [1.29, 1.82) is 0 Å². The molecule has 3 N–H and O–H groups in total. The molecule has 1 fully saturated rings. The van der Waals surface area contributed by atoms with E-state index in [9.17, 15) is 13.2 Å². The zero-order valence-corrected chi connectivity index (χ0v) is 19.9. The van der Waals surface area contributed by atoms with Crippen molar-refractivity contribution in [3.05, 3.63) is 34.6 Å². The quantitative estimate of drug-likeness (QED) is 0.364. The van der Waals surface area contributed by atoms with Crippen LogP contribution in [0.2, 0.25) is 0 Å². The topological polar surface area (TPSA) is 130 Å². The highest BCUT2D eigenvalue weighted by atomic mass is 79.9. The number of nitrogens with zero attached hydrogens (tertiary/aromatic N) is 3. The number of hydrogen-bond donors (Lipinski definition) is 3. The molecule has 0 spiro atoms. The fraction of sp³-hybridized carbons (Fsp3) is 0.368. The number of sulfone groups is 1. The maximum Gasteiger partial charge on any atom is 0.216 e. The van der Waals surface area contributed by atoms with E-state index in [1.807, 2.05) is 6.07 Å². The summed E-state index contributed by atoms with van der Waals surface area (Å²) in [7, 11) is -3.44. The van der Waals surface area contributed by atoms with Crippen molar-refractivity contribution in [1.82, 2.24) is 25.5 Å². The fourth-order valence-corrected chi connectivity index (χ4v) is 5.93. The summed E-state index contributed by atoms with van der Waals surface area (Å²) in [5, 5.41) is 13.1. The predicted molar refractivity (Wildman–Crippen MR) is 122 cm³/mol. The van der Waals surface area contributed by atoms with Crippen molar-refractivity contribution in [2.75, 3.05) is 17.6 Å². The Balaban J connectivity index is 1.47. The van der Waals surface area contributed by atoms with Crippen molar-refractivity contribution in [3.63, 3.8) is 0 Å². The highest BCUT2D eigenvalue weighted by Crippen LogP contribution is 2.40. The third kappa shape index (κ3) is 5.49. The molecule has 0 aromatic carbocycles. The van der Waals surface area contributed by atoms with Gasteiger partial charge in [-0.15, -0.1) is 11.3 Å². The number of anilines is 2. The highest BCUT2D eigenvalue weighted by molar-refractivity contribution is 9.10. The van der Waals surface area contributed by atoms with Gasteiger partial charge in [0.05, 0.1) is 15.1 Å². The van der Waals surface area contributed by atoms with Gasteiger partial charge in [0.25, 0.3) is 0 Å². The summed E-state index contributed by atoms with van der Waals surface area (Å²) in [6, 6.07) is 5.25. The monoisotopic (exact) mass is 524 g/mol. The van der Waals surface area contributed by atoms with Crippen LogP contribution in [0.4, 0.5) is 11.6 Å². The van der Waals surface area contributed by atoms with E-state index in [-0.39, 0.29) is 15.9 Å². The first-order valence-corrected chi connectivity index (χ1v) is 13.0. The Bertz CT molecular complexity index is 1200. The van der Waals surface area contributed by atoms with Crippen molar-refractivity contribution >= 4 is 54.6 Å². The number of hydrogen-bond acceptors (Lipinski definition) is 8. The number of rotatable bonds is 9. The molecule has 0 radical (unpaired) electrons. The second kappa shape index (κ2) is 9.05. The van der Waals surface area contributed by atoms with Gasteiger partial charge < -0.3 is 10.6 Å². The van der Waals surface area contributed by atoms with Crippen molar-refractivity contribution in [3.8, 4) is 10.7 Å². The molecule has 1 aliphatic carbocycles. The first kappa shape index (κ1) is 21.9. The van der Waals surface area contributed by atoms with Gasteiger partial charge in [0.2, 0.25) is 5.91 Å². The number of thiophene rings is 1. The molecule has 4 rings (SSSR count). The first-order chi connectivity index (χ1) is 14.8. The SMILES string of the molecule is CC(=O)NCCCS(=O)(=O)c1ccc(-c2ncc(Br)c(Nc3cc(C4CC4)[nH]n3)n2)s1. The third-order valence-corrected chi connectivity index (χ3v) is 8.72. The van der Waals surface area contributed by atoms with Crippen LogP contribution >= 0.6 is 27.3 Å². The van der Waals surface area contributed by atoms with Gasteiger partial charge in [-0.2, -0.15) is 5.10 Å². The van der Waals surface area contributed by atoms with E-state index in [1.165, 1.54) is 19.8 Å². The van der Waals surface area contributed by atoms with E-state index in [1.54, 1.807) is 18.3 Å². The highest BCUT2D eigenvalue weighted by Gasteiger charge is 2.25. The lowest BCUT2D eigenvalue weighted by Gasteiger charge is -2.06. The first-order valence-electron chi connectivity index (χ1n) is 9.74. The summed E-state index contributed by atoms with van der Waals surface area (Å²) in [5.74, 6) is 1.99. The molecule has 3 aromatic heterocycles. The summed E-state index contributed by atoms with van der Waals surface area (Å²) >= 11 is 4.57. The van der Waals surface area contributed by atoms with Crippen LogP contribution in [0, 0.1) is 0 Å². The molecule has 31 heavy (non-hydrogen) atoms. The molecule has 3 aromatic rings. The fourth-order valence-electron chi connectivity index (χ4n) is 2.93. The van der Waals surface area contributed by atoms with E-state index >= 15 is 0 Å². The Labute approximate surface area is 192 Å². The summed E-state index contributed by atoms with van der Waals surface area (Å²) in [5.41, 5.74) is 1.11. The van der Waals surface area contributed by atoms with Crippen LogP contribution in [-0.2, 0) is 14.6 Å². The lowest BCUT2D eigenvalue weighted by molar-refractivity contribution is -0.118. The molecular weight excluding hydrogens is 504 g/mol. The molecule has 0 atom stereocenters. The van der Waals surface area contributed by atoms with Crippen molar-refractivity contribution < 1.29 is 13.2 Å². The number of carbonyl (C=O) groups is 1. The number of aromatic nitrogens is 4. The number of amides is 1. The molecule has 12 heteroatoms. The van der Waals surface area contributed by atoms with Crippen LogP contribution in [0.1, 0.15) is 37.8 Å². The maximum atomic E-state index is 12.6. The lowest BCUT2D eigenvalue weighted by atomic mass is 10.3. The zero-order valence-electron chi connectivity index (χ0n) is 16.7. The molecule has 1 amide bonds. The molecule has 164 valence electrons. The minimum Gasteiger partial charge on any atom is -0.356 e. The van der Waals surface area contributed by atoms with Crippen LogP contribution in [-0.4, -0.2) is 46.8 Å². The Hall–Kier alpha value is -2.31. The van der Waals surface area contributed by atoms with Gasteiger partial charge in [-0.3, -0.25) is 9.89 Å². The molecule has 0 bridgehead atoms. The summed E-state index contributed by atoms with van der Waals surface area (Å²) in [4.78, 5) is 20.4. The lowest BCUT2D eigenvalue weighted by Crippen LogP contribution is -2.22. The van der Waals surface area contributed by atoms with E-state index in [0.717, 1.165) is 17.0 Å². The number of carbonyl (C=O) groups excluding carboxylic acids is 1. The van der Waals surface area contributed by atoms with E-state index < -0.39 is 9.84 Å². The smallest absolute Gasteiger partial charge is 0.216 e. The molecule has 1 aliphatic rings. The number of aromatic amines is 1. The van der Waals surface area contributed by atoms with Crippen LogP contribution in [0.3, 0.4) is 0 Å². The molecular formula is C19H21BrN6O3S2. The molecule has 0 saturated heterocycles. The zero-order chi connectivity index (χ0) is 22.0. The average molecular weight is 525 g/mol. The second-order valence-corrected chi connectivity index (χ2v) is 11.5. The summed E-state index contributed by atoms with van der Waals surface area (Å²) in [6.07, 6.45) is 4.34. The van der Waals surface area contributed by atoms with E-state index in [2.05, 4.69) is 46.7 Å². The van der Waals surface area contributed by atoms with E-state index in [0.29, 0.717) is 45.7 Å². The Kier molecular flexibility index (Phi) is 6.39. The number of H-pyrrole nitrogens is 1. The van der Waals surface area contributed by atoms with Gasteiger partial charge in [-0.05, 0) is 47.3 Å². The van der Waals surface area contributed by atoms with Crippen molar-refractivity contribution in [2.24, 2.45) is 0 Å². The molecule has 0 unspecified atom stereocenters. The Morgan fingerprint density at radius 1 is 1.35 bits per heavy atom. The maximum absolute atomic E-state index is 12.6. The van der Waals surface area contributed by atoms with Crippen LogP contribution in [0.15, 0.2) is 33.1 Å². The number of nitrogens with one attached hydrogen (secondary N) is 3. The van der Waals surface area contributed by atoms with Gasteiger partial charge in [0.15, 0.2) is 21.5 Å². The third-order valence-electron chi connectivity index (χ3n) is 4.68. The molecule has 1 saturated carbocycles. The van der Waals surface area contributed by atoms with Gasteiger partial charge in [0.1, 0.15) is 10.0 Å². The average Bonchev–Trinajstić information content (AvgIpc) is 3.25. The van der Waals surface area contributed by atoms with Gasteiger partial charge in [0, 0.05) is 37.3 Å². The predicted octanol–water partition coefficient (Wildman–Crippen LogP) is 3.61. The van der Waals surface area contributed by atoms with Crippen molar-refractivity contribution in [2.45, 2.75) is 36.3 Å². The van der Waals surface area contributed by atoms with E-state index in [4.69, 9.17) is 0 Å². The molecule has 9 nitrogen and oxygen atoms in total. The van der Waals surface area contributed by atoms with Gasteiger partial charge in [-0.25, -0.2) is 18.4 Å². The van der Waals surface area contributed by atoms with Gasteiger partial charge >= 0.3 is 0 Å². The largest absolute Gasteiger partial charge is 0.356 e. The van der Waals surface area contributed by atoms with Crippen LogP contribution in [0.5, 0.6) is 0 Å². The Morgan fingerprint density at radius 3 is 2.90 bits per heavy atom. The normalized spacial score (nSPS) is 13.9. The van der Waals surface area contributed by atoms with Crippen LogP contribution < -0.4 is 10.6 Å². The second-order valence-electron chi connectivity index (χ2n) is 7.27. The molecule has 3 heterocycles.